The van der Waals surface area contributed by atoms with E-state index in [4.69, 9.17) is 22.1 Å². The van der Waals surface area contributed by atoms with Crippen molar-refractivity contribution in [2.75, 3.05) is 17.1 Å². The first-order valence-electron chi connectivity index (χ1n) is 11.5. The van der Waals surface area contributed by atoms with E-state index in [1.165, 1.54) is 19.2 Å². The van der Waals surface area contributed by atoms with Crippen molar-refractivity contribution in [3.8, 4) is 5.88 Å². The highest BCUT2D eigenvalue weighted by atomic mass is 35.5. The predicted octanol–water partition coefficient (Wildman–Crippen LogP) is 3.80. The summed E-state index contributed by atoms with van der Waals surface area (Å²) in [7, 11) is -2.38. The number of anilines is 2. The molecule has 0 unspecified atom stereocenters. The number of hydrogen-bond acceptors (Lipinski definition) is 8. The Labute approximate surface area is 210 Å². The van der Waals surface area contributed by atoms with E-state index >= 15 is 0 Å². The smallest absolute Gasteiger partial charge is 0.264 e. The minimum atomic E-state index is -3.88. The van der Waals surface area contributed by atoms with Crippen molar-refractivity contribution in [3.05, 3.63) is 64.9 Å². The normalized spacial score (nSPS) is 18.1. The van der Waals surface area contributed by atoms with Crippen LogP contribution >= 0.6 is 11.6 Å². The molecule has 0 radical (unpaired) electrons. The summed E-state index contributed by atoms with van der Waals surface area (Å²) in [6.07, 6.45) is 9.04. The Balaban J connectivity index is 1.37. The number of nitrogens with zero attached hydrogens (tertiary/aromatic N) is 3. The van der Waals surface area contributed by atoms with Crippen LogP contribution < -0.4 is 20.5 Å². The molecule has 0 spiro atoms. The van der Waals surface area contributed by atoms with Gasteiger partial charge in [-0.15, -0.1) is 0 Å². The summed E-state index contributed by atoms with van der Waals surface area (Å²) >= 11 is 6.04. The Bertz CT molecular complexity index is 1250. The summed E-state index contributed by atoms with van der Waals surface area (Å²) in [6, 6.07) is 10.3. The molecule has 186 valence electrons. The van der Waals surface area contributed by atoms with E-state index in [1.807, 2.05) is 12.4 Å². The summed E-state index contributed by atoms with van der Waals surface area (Å²) in [4.78, 5) is 13.2. The van der Waals surface area contributed by atoms with Crippen molar-refractivity contribution in [1.82, 2.24) is 15.0 Å². The van der Waals surface area contributed by atoms with E-state index in [0.29, 0.717) is 36.8 Å². The second-order valence-electron chi connectivity index (χ2n) is 8.57. The Morgan fingerprint density at radius 1 is 1.06 bits per heavy atom. The number of rotatable bonds is 9. The summed E-state index contributed by atoms with van der Waals surface area (Å²) in [5.74, 6) is 1.12. The van der Waals surface area contributed by atoms with Crippen molar-refractivity contribution in [2.24, 2.45) is 5.73 Å². The van der Waals surface area contributed by atoms with Crippen molar-refractivity contribution >= 4 is 33.4 Å². The molecule has 0 amide bonds. The first-order valence-corrected chi connectivity index (χ1v) is 13.3. The van der Waals surface area contributed by atoms with E-state index in [1.54, 1.807) is 24.3 Å². The van der Waals surface area contributed by atoms with Gasteiger partial charge in [-0.2, -0.15) is 4.98 Å². The van der Waals surface area contributed by atoms with Crippen LogP contribution in [0.3, 0.4) is 0 Å². The highest BCUT2D eigenvalue weighted by molar-refractivity contribution is 7.92. The van der Waals surface area contributed by atoms with Crippen LogP contribution in [0.25, 0.3) is 0 Å². The number of hydrogen-bond donors (Lipinski definition) is 3. The van der Waals surface area contributed by atoms with Crippen LogP contribution in [0.5, 0.6) is 5.88 Å². The predicted molar refractivity (Wildman–Crippen MR) is 136 cm³/mol. The van der Waals surface area contributed by atoms with Gasteiger partial charge < -0.3 is 15.8 Å². The van der Waals surface area contributed by atoms with Crippen LogP contribution in [0, 0.1) is 0 Å². The van der Waals surface area contributed by atoms with E-state index in [9.17, 15) is 8.42 Å². The number of halogens is 1. The first kappa shape index (κ1) is 25.2. The number of methoxy groups -OCH3 is 1. The van der Waals surface area contributed by atoms with Crippen LogP contribution in [0.1, 0.15) is 36.8 Å². The second-order valence-corrected chi connectivity index (χ2v) is 10.6. The van der Waals surface area contributed by atoms with Crippen molar-refractivity contribution in [1.29, 1.82) is 0 Å². The molecule has 1 aliphatic rings. The number of aromatic nitrogens is 3. The molecule has 35 heavy (non-hydrogen) atoms. The Morgan fingerprint density at radius 2 is 1.77 bits per heavy atom. The number of ether oxygens (including phenoxy) is 1. The molecule has 1 fully saturated rings. The molecule has 0 aliphatic heterocycles. The van der Waals surface area contributed by atoms with Crippen molar-refractivity contribution in [2.45, 2.75) is 55.5 Å². The quantitative estimate of drug-likeness (QED) is 0.391. The molecular formula is C24H29ClN6O3S. The summed E-state index contributed by atoms with van der Waals surface area (Å²) in [6.45, 7) is 0. The third kappa shape index (κ3) is 6.59. The standard InChI is InChI=1S/C24H29ClN6O3S/c1-34-23-17(8-13-22(30-23)31-35(32,33)21-5-3-2-4-20(21)25)7-6-16-14-27-24(28-15-16)29-19-11-9-18(26)10-12-19/h2-5,8,13-15,18-19H,6-7,9-12,26H2,1H3,(H,30,31)(H,27,28,29). The van der Waals surface area contributed by atoms with Crippen molar-refractivity contribution < 1.29 is 13.2 Å². The molecule has 1 saturated carbocycles. The Kier molecular flexibility index (Phi) is 8.04. The van der Waals surface area contributed by atoms with Gasteiger partial charge in [0.1, 0.15) is 10.7 Å². The van der Waals surface area contributed by atoms with Crippen LogP contribution in [0.2, 0.25) is 5.02 Å². The van der Waals surface area contributed by atoms with E-state index in [2.05, 4.69) is 25.0 Å². The molecule has 4 N–H and O–H groups in total. The lowest BCUT2D eigenvalue weighted by Crippen LogP contribution is -2.33. The lowest BCUT2D eigenvalue weighted by Gasteiger charge is -2.26. The summed E-state index contributed by atoms with van der Waals surface area (Å²) < 4.78 is 33.2. The van der Waals surface area contributed by atoms with Gasteiger partial charge in [0.05, 0.1) is 12.1 Å². The maximum Gasteiger partial charge on any atom is 0.264 e. The van der Waals surface area contributed by atoms with Gasteiger partial charge >= 0.3 is 0 Å². The fourth-order valence-corrected chi connectivity index (χ4v) is 5.55. The fraction of sp³-hybridized carbons (Fsp3) is 0.375. The number of benzene rings is 1. The molecule has 1 aliphatic carbocycles. The molecule has 3 aromatic rings. The summed E-state index contributed by atoms with van der Waals surface area (Å²) in [5.41, 5.74) is 7.79. The molecule has 9 nitrogen and oxygen atoms in total. The average molecular weight is 517 g/mol. The third-order valence-corrected chi connectivity index (χ3v) is 7.85. The SMILES string of the molecule is COc1nc(NS(=O)(=O)c2ccccc2Cl)ccc1CCc1cnc(NC2CCC(N)CC2)nc1. The number of nitrogens with two attached hydrogens (primary N) is 1. The van der Waals surface area contributed by atoms with Crippen LogP contribution in [0.15, 0.2) is 53.7 Å². The number of pyridine rings is 1. The monoisotopic (exact) mass is 516 g/mol. The van der Waals surface area contributed by atoms with E-state index in [0.717, 1.165) is 36.8 Å². The number of aryl methyl sites for hydroxylation is 2. The number of sulfonamides is 1. The summed E-state index contributed by atoms with van der Waals surface area (Å²) in [5, 5.41) is 3.52. The zero-order valence-corrected chi connectivity index (χ0v) is 21.0. The lowest BCUT2D eigenvalue weighted by molar-refractivity contribution is 0.393. The molecule has 11 heteroatoms. The highest BCUT2D eigenvalue weighted by Gasteiger charge is 2.20. The van der Waals surface area contributed by atoms with Crippen LogP contribution in [0.4, 0.5) is 11.8 Å². The average Bonchev–Trinajstić information content (AvgIpc) is 2.85. The second kappa shape index (κ2) is 11.2. The minimum absolute atomic E-state index is 0.0171. The molecule has 0 atom stereocenters. The Morgan fingerprint density at radius 3 is 2.46 bits per heavy atom. The van der Waals surface area contributed by atoms with Crippen LogP contribution in [-0.4, -0.2) is 42.6 Å². The van der Waals surface area contributed by atoms with Gasteiger partial charge in [-0.05, 0) is 68.4 Å². The van der Waals surface area contributed by atoms with Gasteiger partial charge in [-0.1, -0.05) is 23.7 Å². The molecule has 4 rings (SSSR count). The zero-order valence-electron chi connectivity index (χ0n) is 19.4. The first-order chi connectivity index (χ1) is 16.8. The van der Waals surface area contributed by atoms with Gasteiger partial charge in [0.15, 0.2) is 0 Å². The highest BCUT2D eigenvalue weighted by Crippen LogP contribution is 2.25. The maximum absolute atomic E-state index is 12.7. The fourth-order valence-electron chi connectivity index (χ4n) is 4.03. The maximum atomic E-state index is 12.7. The minimum Gasteiger partial charge on any atom is -0.481 e. The van der Waals surface area contributed by atoms with Gasteiger partial charge in [-0.25, -0.2) is 18.4 Å². The molecular weight excluding hydrogens is 488 g/mol. The van der Waals surface area contributed by atoms with E-state index < -0.39 is 10.0 Å². The van der Waals surface area contributed by atoms with E-state index in [-0.39, 0.29) is 15.7 Å². The molecule has 2 aromatic heterocycles. The molecule has 2 heterocycles. The van der Waals surface area contributed by atoms with Gasteiger partial charge in [-0.3, -0.25) is 4.72 Å². The molecule has 0 saturated heterocycles. The van der Waals surface area contributed by atoms with Gasteiger partial charge in [0.2, 0.25) is 11.8 Å². The number of nitrogens with one attached hydrogen (secondary N) is 2. The van der Waals surface area contributed by atoms with Crippen molar-refractivity contribution in [3.63, 3.8) is 0 Å². The molecule has 1 aromatic carbocycles. The van der Waals surface area contributed by atoms with Crippen LogP contribution in [-0.2, 0) is 22.9 Å². The van der Waals surface area contributed by atoms with Gasteiger partial charge in [0.25, 0.3) is 10.0 Å². The third-order valence-electron chi connectivity index (χ3n) is 5.99. The zero-order chi connectivity index (χ0) is 24.8. The Hall–Kier alpha value is -2.95. The largest absolute Gasteiger partial charge is 0.481 e. The molecule has 0 bridgehead atoms. The lowest BCUT2D eigenvalue weighted by atomic mass is 9.92. The van der Waals surface area contributed by atoms with Gasteiger partial charge in [0, 0.05) is 30.0 Å². The topological polar surface area (TPSA) is 132 Å².